The first kappa shape index (κ1) is 25.2. The fourth-order valence-electron chi connectivity index (χ4n) is 3.02. The number of hydrogen-bond donors (Lipinski definition) is 2. The van der Waals surface area contributed by atoms with Crippen molar-refractivity contribution in [1.29, 1.82) is 0 Å². The van der Waals surface area contributed by atoms with Crippen LogP contribution >= 0.6 is 0 Å². The molecule has 0 unspecified atom stereocenters. The Hall–Kier alpha value is -3.45. The van der Waals surface area contributed by atoms with Crippen LogP contribution in [0, 0.1) is 0 Å². The number of anilines is 2. The van der Waals surface area contributed by atoms with Gasteiger partial charge in [0.25, 0.3) is 5.91 Å². The minimum Gasteiger partial charge on any atom is -0.383 e. The zero-order valence-electron chi connectivity index (χ0n) is 18.8. The number of nitrogen functional groups attached to an aromatic ring is 1. The van der Waals surface area contributed by atoms with Crippen LogP contribution in [0.3, 0.4) is 0 Å². The molecular weight excluding hydrogens is 460 g/mol. The van der Waals surface area contributed by atoms with Crippen molar-refractivity contribution in [2.75, 3.05) is 51.6 Å². The van der Waals surface area contributed by atoms with Crippen LogP contribution in [0.25, 0.3) is 11.3 Å². The molecule has 34 heavy (non-hydrogen) atoms. The number of ether oxygens (including phenoxy) is 2. The zero-order valence-corrected chi connectivity index (χ0v) is 19.7. The summed E-state index contributed by atoms with van der Waals surface area (Å²) < 4.78 is 37.5. The van der Waals surface area contributed by atoms with Gasteiger partial charge in [0, 0.05) is 39.1 Å². The lowest BCUT2D eigenvalue weighted by Gasteiger charge is -2.21. The van der Waals surface area contributed by atoms with Crippen LogP contribution in [0.15, 0.2) is 59.9 Å². The number of aromatic nitrogens is 3. The van der Waals surface area contributed by atoms with E-state index >= 15 is 0 Å². The Kier molecular flexibility index (Phi) is 8.60. The Morgan fingerprint density at radius 2 is 1.74 bits per heavy atom. The third-order valence-electron chi connectivity index (χ3n) is 4.81. The quantitative estimate of drug-likeness (QED) is 0.412. The lowest BCUT2D eigenvalue weighted by molar-refractivity contribution is 0.102. The van der Waals surface area contributed by atoms with Gasteiger partial charge < -0.3 is 20.5 Å². The summed E-state index contributed by atoms with van der Waals surface area (Å²) in [5.41, 5.74) is 7.23. The summed E-state index contributed by atoms with van der Waals surface area (Å²) in [6, 6.07) is 9.51. The third-order valence-corrected chi connectivity index (χ3v) is 6.73. The van der Waals surface area contributed by atoms with E-state index < -0.39 is 15.9 Å². The van der Waals surface area contributed by atoms with E-state index in [4.69, 9.17) is 15.2 Å². The van der Waals surface area contributed by atoms with Gasteiger partial charge in [0.15, 0.2) is 11.5 Å². The number of nitrogens with two attached hydrogens (primary N) is 1. The van der Waals surface area contributed by atoms with E-state index in [2.05, 4.69) is 20.3 Å². The molecule has 0 bridgehead atoms. The Morgan fingerprint density at radius 1 is 1.06 bits per heavy atom. The van der Waals surface area contributed by atoms with Crippen LogP contribution in [-0.4, -0.2) is 74.1 Å². The molecule has 0 atom stereocenters. The first-order valence-corrected chi connectivity index (χ1v) is 11.7. The van der Waals surface area contributed by atoms with Crippen LogP contribution in [0.1, 0.15) is 10.5 Å². The van der Waals surface area contributed by atoms with Crippen LogP contribution < -0.4 is 11.1 Å². The highest BCUT2D eigenvalue weighted by Crippen LogP contribution is 2.23. The second-order valence-electron chi connectivity index (χ2n) is 7.10. The molecule has 11 nitrogen and oxygen atoms in total. The minimum absolute atomic E-state index is 0.0312. The van der Waals surface area contributed by atoms with Crippen molar-refractivity contribution in [3.8, 4) is 11.3 Å². The fourth-order valence-corrected chi connectivity index (χ4v) is 4.42. The van der Waals surface area contributed by atoms with E-state index in [1.165, 1.54) is 43.1 Å². The van der Waals surface area contributed by atoms with E-state index in [-0.39, 0.29) is 42.7 Å². The summed E-state index contributed by atoms with van der Waals surface area (Å²) >= 11 is 0. The van der Waals surface area contributed by atoms with Gasteiger partial charge in [0.2, 0.25) is 10.0 Å². The highest BCUT2D eigenvalue weighted by atomic mass is 32.2. The number of benzene rings is 1. The normalized spacial score (nSPS) is 11.5. The number of nitrogens with zero attached hydrogens (tertiary/aromatic N) is 4. The average molecular weight is 487 g/mol. The number of rotatable bonds is 11. The van der Waals surface area contributed by atoms with Crippen molar-refractivity contribution in [3.63, 3.8) is 0 Å². The lowest BCUT2D eigenvalue weighted by Crippen LogP contribution is -2.36. The summed E-state index contributed by atoms with van der Waals surface area (Å²) in [7, 11) is -0.743. The maximum Gasteiger partial charge on any atom is 0.278 e. The molecule has 0 saturated carbocycles. The predicted molar refractivity (Wildman–Crippen MR) is 127 cm³/mol. The van der Waals surface area contributed by atoms with E-state index in [1.807, 2.05) is 0 Å². The maximum absolute atomic E-state index is 13.1. The number of pyridine rings is 1. The molecule has 0 aliphatic heterocycles. The van der Waals surface area contributed by atoms with E-state index in [0.29, 0.717) is 16.9 Å². The van der Waals surface area contributed by atoms with Crippen molar-refractivity contribution in [3.05, 3.63) is 60.7 Å². The van der Waals surface area contributed by atoms with Crippen molar-refractivity contribution in [2.45, 2.75) is 4.90 Å². The molecule has 180 valence electrons. The summed E-state index contributed by atoms with van der Waals surface area (Å²) in [6.07, 6.45) is 4.50. The van der Waals surface area contributed by atoms with Crippen molar-refractivity contribution in [2.24, 2.45) is 0 Å². The Morgan fingerprint density at radius 3 is 2.32 bits per heavy atom. The number of sulfonamides is 1. The molecule has 12 heteroatoms. The van der Waals surface area contributed by atoms with E-state index in [1.54, 1.807) is 30.5 Å². The van der Waals surface area contributed by atoms with Gasteiger partial charge in [-0.05, 0) is 24.3 Å². The summed E-state index contributed by atoms with van der Waals surface area (Å²) in [4.78, 5) is 25.1. The molecule has 1 amide bonds. The van der Waals surface area contributed by atoms with Crippen molar-refractivity contribution < 1.29 is 22.7 Å². The highest BCUT2D eigenvalue weighted by Gasteiger charge is 2.24. The highest BCUT2D eigenvalue weighted by molar-refractivity contribution is 7.89. The fraction of sp³-hybridized carbons (Fsp3) is 0.273. The van der Waals surface area contributed by atoms with Crippen LogP contribution in [0.2, 0.25) is 0 Å². The Labute approximate surface area is 198 Å². The van der Waals surface area contributed by atoms with Crippen molar-refractivity contribution in [1.82, 2.24) is 19.3 Å². The minimum atomic E-state index is -3.76. The van der Waals surface area contributed by atoms with Gasteiger partial charge in [-0.3, -0.25) is 9.78 Å². The molecular formula is C22H26N6O5S. The Bertz CT molecular complexity index is 1200. The smallest absolute Gasteiger partial charge is 0.278 e. The number of methoxy groups -OCH3 is 2. The Balaban J connectivity index is 1.83. The molecule has 3 aromatic rings. The van der Waals surface area contributed by atoms with E-state index in [9.17, 15) is 13.2 Å². The molecule has 3 N–H and O–H groups in total. The van der Waals surface area contributed by atoms with Gasteiger partial charge in [0.05, 0.1) is 41.9 Å². The van der Waals surface area contributed by atoms with Gasteiger partial charge in [-0.1, -0.05) is 12.1 Å². The first-order chi connectivity index (χ1) is 16.4. The molecule has 1 aromatic carbocycles. The molecule has 0 aliphatic carbocycles. The second-order valence-corrected chi connectivity index (χ2v) is 9.04. The number of amides is 1. The van der Waals surface area contributed by atoms with Gasteiger partial charge in [-0.15, -0.1) is 0 Å². The van der Waals surface area contributed by atoms with Gasteiger partial charge in [-0.25, -0.2) is 18.4 Å². The molecule has 0 radical (unpaired) electrons. The maximum atomic E-state index is 13.1. The van der Waals surface area contributed by atoms with Crippen LogP contribution in [0.4, 0.5) is 11.5 Å². The zero-order chi connectivity index (χ0) is 24.6. The number of carbonyl (C=O) groups excluding carboxylic acids is 1. The number of nitrogens with one attached hydrogen (secondary N) is 1. The topological polar surface area (TPSA) is 150 Å². The SMILES string of the molecule is COCCN(CCOC)S(=O)(=O)c1ccc(-c2cnc(N)c(C(=O)Nc3cccnc3)n2)cc1. The van der Waals surface area contributed by atoms with Crippen molar-refractivity contribution >= 4 is 27.4 Å². The van der Waals surface area contributed by atoms with Crippen LogP contribution in [0.5, 0.6) is 0 Å². The standard InChI is InChI=1S/C22H26N6O5S/c1-32-12-10-28(11-13-33-2)34(30,31)18-7-5-16(6-8-18)19-15-25-21(23)20(27-19)22(29)26-17-4-3-9-24-14-17/h3-9,14-15H,10-13H2,1-2H3,(H2,23,25)(H,26,29). The predicted octanol–water partition coefficient (Wildman–Crippen LogP) is 1.66. The molecule has 2 heterocycles. The number of carbonyl (C=O) groups is 1. The largest absolute Gasteiger partial charge is 0.383 e. The van der Waals surface area contributed by atoms with Gasteiger partial charge in [0.1, 0.15) is 0 Å². The molecule has 3 rings (SSSR count). The molecule has 0 saturated heterocycles. The average Bonchev–Trinajstić information content (AvgIpc) is 2.85. The van der Waals surface area contributed by atoms with E-state index in [0.717, 1.165) is 0 Å². The molecule has 2 aromatic heterocycles. The molecule has 0 spiro atoms. The monoisotopic (exact) mass is 486 g/mol. The third kappa shape index (κ3) is 6.11. The summed E-state index contributed by atoms with van der Waals surface area (Å²) in [6.45, 7) is 0.906. The number of hydrogen-bond acceptors (Lipinski definition) is 9. The van der Waals surface area contributed by atoms with Gasteiger partial charge in [-0.2, -0.15) is 4.31 Å². The van der Waals surface area contributed by atoms with Crippen LogP contribution in [-0.2, 0) is 19.5 Å². The molecule has 0 aliphatic rings. The second kappa shape index (κ2) is 11.6. The first-order valence-electron chi connectivity index (χ1n) is 10.3. The van der Waals surface area contributed by atoms with Gasteiger partial charge >= 0.3 is 0 Å². The summed E-state index contributed by atoms with van der Waals surface area (Å²) in [5.74, 6) is -0.567. The molecule has 0 fully saturated rings. The lowest BCUT2D eigenvalue weighted by atomic mass is 10.1. The summed E-state index contributed by atoms with van der Waals surface area (Å²) in [5, 5.41) is 2.66.